The number of benzene rings is 1. The van der Waals surface area contributed by atoms with Crippen LogP contribution < -0.4 is 10.6 Å². The molecule has 1 heterocycles. The average Bonchev–Trinajstić information content (AvgIpc) is 2.96. The number of hydrogen-bond acceptors (Lipinski definition) is 2. The lowest BCUT2D eigenvalue weighted by Gasteiger charge is -2.11. The lowest BCUT2D eigenvalue weighted by molar-refractivity contribution is 0.0945. The molecule has 0 aromatic heterocycles. The average molecular weight is 309 g/mol. The summed E-state index contributed by atoms with van der Waals surface area (Å²) >= 11 is 5.98. The second-order valence-corrected chi connectivity index (χ2v) is 6.77. The molecular formula is C17H25ClN2O. The van der Waals surface area contributed by atoms with Gasteiger partial charge in [-0.3, -0.25) is 4.79 Å². The van der Waals surface area contributed by atoms with Crippen LogP contribution in [0.1, 0.15) is 48.5 Å². The summed E-state index contributed by atoms with van der Waals surface area (Å²) in [5.41, 5.74) is 1.86. The lowest BCUT2D eigenvalue weighted by atomic mass is 10.1. The monoisotopic (exact) mass is 308 g/mol. The quantitative estimate of drug-likeness (QED) is 0.896. The zero-order valence-electron chi connectivity index (χ0n) is 13.0. The topological polar surface area (TPSA) is 41.1 Å². The van der Waals surface area contributed by atoms with Crippen molar-refractivity contribution in [2.45, 2.75) is 39.5 Å². The van der Waals surface area contributed by atoms with Gasteiger partial charge < -0.3 is 10.6 Å². The molecule has 0 atom stereocenters. The van der Waals surface area contributed by atoms with Crippen molar-refractivity contribution in [3.8, 4) is 0 Å². The number of halogens is 1. The Hall–Kier alpha value is -1.06. The molecule has 1 aliphatic carbocycles. The molecule has 0 bridgehead atoms. The van der Waals surface area contributed by atoms with E-state index in [0.29, 0.717) is 16.0 Å². The molecule has 1 aliphatic heterocycles. The molecule has 1 aromatic rings. The molecule has 116 valence electrons. The maximum atomic E-state index is 11.9. The highest BCUT2D eigenvalue weighted by Crippen LogP contribution is 2.44. The van der Waals surface area contributed by atoms with Crippen LogP contribution in [0.3, 0.4) is 0 Å². The Labute approximate surface area is 132 Å². The minimum absolute atomic E-state index is 0.0203. The van der Waals surface area contributed by atoms with Crippen molar-refractivity contribution in [2.75, 3.05) is 19.6 Å². The summed E-state index contributed by atoms with van der Waals surface area (Å²) in [5, 5.41) is 6.84. The second-order valence-electron chi connectivity index (χ2n) is 6.36. The van der Waals surface area contributed by atoms with Crippen LogP contribution in [0.5, 0.6) is 0 Å². The van der Waals surface area contributed by atoms with Crippen molar-refractivity contribution in [1.29, 1.82) is 0 Å². The van der Waals surface area contributed by atoms with Crippen molar-refractivity contribution in [3.63, 3.8) is 0 Å². The van der Waals surface area contributed by atoms with Crippen LogP contribution in [0.25, 0.3) is 0 Å². The van der Waals surface area contributed by atoms with Gasteiger partial charge in [0.1, 0.15) is 0 Å². The fraction of sp³-hybridized carbons (Fsp3) is 0.588. The van der Waals surface area contributed by atoms with Crippen molar-refractivity contribution in [3.05, 3.63) is 34.3 Å². The molecule has 0 spiro atoms. The zero-order valence-corrected chi connectivity index (χ0v) is 13.7. The van der Waals surface area contributed by atoms with Crippen LogP contribution in [0.15, 0.2) is 18.2 Å². The number of hydrogen-bond donors (Lipinski definition) is 2. The third-order valence-corrected chi connectivity index (χ3v) is 4.66. The van der Waals surface area contributed by atoms with E-state index in [-0.39, 0.29) is 5.91 Å². The maximum absolute atomic E-state index is 11.9. The van der Waals surface area contributed by atoms with Crippen molar-refractivity contribution < 1.29 is 4.79 Å². The van der Waals surface area contributed by atoms with E-state index in [1.54, 1.807) is 6.07 Å². The standard InChI is InChI=1S/C13H16ClNO.C4H9N/c1-9-10(4-3-5-11(9)14)12(16)15-8-13(2)6-7-13;1-2-4-5-3-1/h3-5H,6-8H2,1-2H3,(H,15,16);5H,1-4H2. The third kappa shape index (κ3) is 5.01. The molecule has 1 aromatic carbocycles. The summed E-state index contributed by atoms with van der Waals surface area (Å²) in [6.07, 6.45) is 5.20. The van der Waals surface area contributed by atoms with Gasteiger partial charge in [0.05, 0.1) is 0 Å². The van der Waals surface area contributed by atoms with E-state index in [9.17, 15) is 4.79 Å². The predicted octanol–water partition coefficient (Wildman–Crippen LogP) is 3.55. The van der Waals surface area contributed by atoms with Crippen LogP contribution in [0, 0.1) is 12.3 Å². The predicted molar refractivity (Wildman–Crippen MR) is 88.0 cm³/mol. The molecule has 3 nitrogen and oxygen atoms in total. The highest BCUT2D eigenvalue weighted by Gasteiger charge is 2.37. The first-order valence-electron chi connectivity index (χ1n) is 7.76. The van der Waals surface area contributed by atoms with Crippen molar-refractivity contribution >= 4 is 17.5 Å². The molecule has 1 saturated carbocycles. The van der Waals surface area contributed by atoms with E-state index in [1.807, 2.05) is 19.1 Å². The smallest absolute Gasteiger partial charge is 0.251 e. The van der Waals surface area contributed by atoms with Gasteiger partial charge in [-0.2, -0.15) is 0 Å². The summed E-state index contributed by atoms with van der Waals surface area (Å²) < 4.78 is 0. The van der Waals surface area contributed by atoms with Crippen LogP contribution in [0.4, 0.5) is 0 Å². The lowest BCUT2D eigenvalue weighted by Crippen LogP contribution is -2.29. The Morgan fingerprint density at radius 3 is 2.52 bits per heavy atom. The molecule has 3 rings (SSSR count). The first-order valence-corrected chi connectivity index (χ1v) is 8.14. The molecule has 2 aliphatic rings. The molecule has 0 radical (unpaired) electrons. The molecule has 21 heavy (non-hydrogen) atoms. The Balaban J connectivity index is 0.000000272. The molecule has 1 saturated heterocycles. The highest BCUT2D eigenvalue weighted by atomic mass is 35.5. The van der Waals surface area contributed by atoms with Gasteiger partial charge in [-0.15, -0.1) is 0 Å². The number of rotatable bonds is 3. The number of amides is 1. The van der Waals surface area contributed by atoms with E-state index < -0.39 is 0 Å². The Kier molecular flexibility index (Phi) is 5.65. The van der Waals surface area contributed by atoms with Gasteiger partial charge >= 0.3 is 0 Å². The van der Waals surface area contributed by atoms with Crippen LogP contribution in [-0.2, 0) is 0 Å². The SMILES string of the molecule is C1CCNC1.Cc1c(Cl)cccc1C(=O)NCC1(C)CC1. The minimum Gasteiger partial charge on any atom is -0.351 e. The fourth-order valence-corrected chi connectivity index (χ4v) is 2.43. The first kappa shape index (κ1) is 16.3. The summed E-state index contributed by atoms with van der Waals surface area (Å²) in [6.45, 7) is 7.33. The number of carbonyl (C=O) groups excluding carboxylic acids is 1. The van der Waals surface area contributed by atoms with Crippen LogP contribution in [0.2, 0.25) is 5.02 Å². The summed E-state index contributed by atoms with van der Waals surface area (Å²) in [5.74, 6) is -0.0203. The van der Waals surface area contributed by atoms with E-state index in [4.69, 9.17) is 11.6 Å². The van der Waals surface area contributed by atoms with Gasteiger partial charge in [-0.1, -0.05) is 24.6 Å². The van der Waals surface area contributed by atoms with Gasteiger partial charge in [0.25, 0.3) is 5.91 Å². The Bertz CT molecular complexity index is 486. The van der Waals surface area contributed by atoms with E-state index in [2.05, 4.69) is 17.6 Å². The fourth-order valence-electron chi connectivity index (χ4n) is 2.26. The molecule has 0 unspecified atom stereocenters. The number of carbonyl (C=O) groups is 1. The minimum atomic E-state index is -0.0203. The van der Waals surface area contributed by atoms with E-state index >= 15 is 0 Å². The van der Waals surface area contributed by atoms with Crippen LogP contribution in [-0.4, -0.2) is 25.5 Å². The number of nitrogens with one attached hydrogen (secondary N) is 2. The van der Waals surface area contributed by atoms with E-state index in [1.165, 1.54) is 38.8 Å². The normalized spacial score (nSPS) is 18.6. The van der Waals surface area contributed by atoms with Crippen LogP contribution >= 0.6 is 11.6 Å². The summed E-state index contributed by atoms with van der Waals surface area (Å²) in [6, 6.07) is 5.42. The first-order chi connectivity index (χ1) is 10.0. The van der Waals surface area contributed by atoms with Crippen molar-refractivity contribution in [1.82, 2.24) is 10.6 Å². The van der Waals surface area contributed by atoms with Gasteiger partial charge in [-0.05, 0) is 68.8 Å². The molecule has 2 fully saturated rings. The van der Waals surface area contributed by atoms with Gasteiger partial charge in [0.15, 0.2) is 0 Å². The Morgan fingerprint density at radius 2 is 2.00 bits per heavy atom. The maximum Gasteiger partial charge on any atom is 0.251 e. The zero-order chi connectivity index (χ0) is 15.3. The van der Waals surface area contributed by atoms with Gasteiger partial charge in [-0.25, -0.2) is 0 Å². The summed E-state index contributed by atoms with van der Waals surface area (Å²) in [4.78, 5) is 11.9. The van der Waals surface area contributed by atoms with Gasteiger partial charge in [0, 0.05) is 17.1 Å². The molecule has 4 heteroatoms. The summed E-state index contributed by atoms with van der Waals surface area (Å²) in [7, 11) is 0. The second kappa shape index (κ2) is 7.28. The highest BCUT2D eigenvalue weighted by molar-refractivity contribution is 6.31. The Morgan fingerprint density at radius 1 is 1.33 bits per heavy atom. The van der Waals surface area contributed by atoms with E-state index in [0.717, 1.165) is 12.1 Å². The van der Waals surface area contributed by atoms with Crippen molar-refractivity contribution in [2.24, 2.45) is 5.41 Å². The molecule has 1 amide bonds. The molecular weight excluding hydrogens is 284 g/mol. The molecule has 2 N–H and O–H groups in total. The van der Waals surface area contributed by atoms with Gasteiger partial charge in [0.2, 0.25) is 0 Å². The third-order valence-electron chi connectivity index (χ3n) is 4.25. The largest absolute Gasteiger partial charge is 0.351 e.